The molecular formula is C12H18FNO. The average Bonchev–Trinajstić information content (AvgIpc) is 2.24. The molecule has 0 amide bonds. The summed E-state index contributed by atoms with van der Waals surface area (Å²) in [5, 5.41) is 12.8. The van der Waals surface area contributed by atoms with Crippen molar-refractivity contribution in [2.75, 3.05) is 0 Å². The molecule has 0 unspecified atom stereocenters. The summed E-state index contributed by atoms with van der Waals surface area (Å²) in [4.78, 5) is 0. The van der Waals surface area contributed by atoms with Gasteiger partial charge in [0.1, 0.15) is 11.6 Å². The molecule has 84 valence electrons. The molecule has 0 fully saturated rings. The summed E-state index contributed by atoms with van der Waals surface area (Å²) < 4.78 is 12.9. The fourth-order valence-corrected chi connectivity index (χ4v) is 1.53. The molecule has 2 N–H and O–H groups in total. The Hall–Kier alpha value is -1.09. The monoisotopic (exact) mass is 211 g/mol. The number of hydrogen-bond acceptors (Lipinski definition) is 2. The fourth-order valence-electron chi connectivity index (χ4n) is 1.53. The van der Waals surface area contributed by atoms with Crippen LogP contribution in [-0.4, -0.2) is 11.1 Å². The SMILES string of the molecule is CCC(CC)NCc1cc(F)ccc1O. The van der Waals surface area contributed by atoms with Gasteiger partial charge in [-0.2, -0.15) is 0 Å². The smallest absolute Gasteiger partial charge is 0.123 e. The lowest BCUT2D eigenvalue weighted by Gasteiger charge is -2.15. The number of nitrogens with one attached hydrogen (secondary N) is 1. The van der Waals surface area contributed by atoms with E-state index >= 15 is 0 Å². The first kappa shape index (κ1) is 12.0. The van der Waals surface area contributed by atoms with Gasteiger partial charge in [-0.25, -0.2) is 4.39 Å². The van der Waals surface area contributed by atoms with Crippen LogP contribution in [0.4, 0.5) is 4.39 Å². The Labute approximate surface area is 90.1 Å². The first-order valence-corrected chi connectivity index (χ1v) is 5.38. The van der Waals surface area contributed by atoms with Crippen molar-refractivity contribution >= 4 is 0 Å². The van der Waals surface area contributed by atoms with Gasteiger partial charge in [0.25, 0.3) is 0 Å². The van der Waals surface area contributed by atoms with E-state index in [2.05, 4.69) is 19.2 Å². The minimum atomic E-state index is -0.311. The predicted molar refractivity (Wildman–Crippen MR) is 59.3 cm³/mol. The molecule has 3 heteroatoms. The second-order valence-corrected chi connectivity index (χ2v) is 3.67. The number of hydrogen-bond donors (Lipinski definition) is 2. The molecule has 1 rings (SSSR count). The highest BCUT2D eigenvalue weighted by Gasteiger charge is 2.06. The van der Waals surface area contributed by atoms with E-state index in [4.69, 9.17) is 0 Å². The summed E-state index contributed by atoms with van der Waals surface area (Å²) in [7, 11) is 0. The molecule has 0 atom stereocenters. The van der Waals surface area contributed by atoms with Gasteiger partial charge in [0, 0.05) is 18.2 Å². The first-order chi connectivity index (χ1) is 7.17. The van der Waals surface area contributed by atoms with Gasteiger partial charge in [-0.3, -0.25) is 0 Å². The van der Waals surface area contributed by atoms with Crippen molar-refractivity contribution in [1.82, 2.24) is 5.32 Å². The highest BCUT2D eigenvalue weighted by molar-refractivity contribution is 5.32. The third kappa shape index (κ3) is 3.51. The quantitative estimate of drug-likeness (QED) is 0.785. The molecule has 15 heavy (non-hydrogen) atoms. The van der Waals surface area contributed by atoms with Gasteiger partial charge in [0.15, 0.2) is 0 Å². The second-order valence-electron chi connectivity index (χ2n) is 3.67. The minimum absolute atomic E-state index is 0.148. The molecule has 1 aromatic rings. The molecule has 0 saturated heterocycles. The molecule has 0 aliphatic heterocycles. The van der Waals surface area contributed by atoms with Gasteiger partial charge in [0.05, 0.1) is 0 Å². The molecule has 0 heterocycles. The normalized spacial score (nSPS) is 10.9. The van der Waals surface area contributed by atoms with E-state index in [0.29, 0.717) is 18.2 Å². The Morgan fingerprint density at radius 3 is 2.60 bits per heavy atom. The van der Waals surface area contributed by atoms with Gasteiger partial charge in [-0.05, 0) is 31.0 Å². The number of benzene rings is 1. The topological polar surface area (TPSA) is 32.3 Å². The van der Waals surface area contributed by atoms with E-state index in [0.717, 1.165) is 12.8 Å². The molecule has 0 aliphatic rings. The van der Waals surface area contributed by atoms with Crippen LogP contribution in [0.5, 0.6) is 5.75 Å². The Morgan fingerprint density at radius 1 is 1.33 bits per heavy atom. The van der Waals surface area contributed by atoms with E-state index in [9.17, 15) is 9.50 Å². The zero-order valence-corrected chi connectivity index (χ0v) is 9.26. The molecule has 0 radical (unpaired) electrons. The maximum absolute atomic E-state index is 12.9. The third-order valence-electron chi connectivity index (χ3n) is 2.61. The lowest BCUT2D eigenvalue weighted by Crippen LogP contribution is -2.27. The van der Waals surface area contributed by atoms with E-state index in [-0.39, 0.29) is 11.6 Å². The van der Waals surface area contributed by atoms with Crippen molar-refractivity contribution in [2.24, 2.45) is 0 Å². The maximum atomic E-state index is 12.9. The van der Waals surface area contributed by atoms with Crippen LogP contribution < -0.4 is 5.32 Å². The van der Waals surface area contributed by atoms with Crippen LogP contribution in [0.1, 0.15) is 32.3 Å². The number of rotatable bonds is 5. The highest BCUT2D eigenvalue weighted by Crippen LogP contribution is 2.17. The molecule has 0 saturated carbocycles. The van der Waals surface area contributed by atoms with Gasteiger partial charge >= 0.3 is 0 Å². The van der Waals surface area contributed by atoms with Crippen LogP contribution in [0, 0.1) is 5.82 Å². The predicted octanol–water partition coefficient (Wildman–Crippen LogP) is 2.81. The van der Waals surface area contributed by atoms with Gasteiger partial charge in [-0.15, -0.1) is 0 Å². The average molecular weight is 211 g/mol. The summed E-state index contributed by atoms with van der Waals surface area (Å²) in [6.45, 7) is 4.72. The lowest BCUT2D eigenvalue weighted by molar-refractivity contribution is 0.445. The second kappa shape index (κ2) is 5.71. The number of halogens is 1. The van der Waals surface area contributed by atoms with Crippen molar-refractivity contribution in [1.29, 1.82) is 0 Å². The molecule has 0 aromatic heterocycles. The zero-order valence-electron chi connectivity index (χ0n) is 9.26. The molecule has 1 aromatic carbocycles. The fraction of sp³-hybridized carbons (Fsp3) is 0.500. The number of phenols is 1. The molecular weight excluding hydrogens is 193 g/mol. The van der Waals surface area contributed by atoms with E-state index in [1.54, 1.807) is 0 Å². The Kier molecular flexibility index (Phi) is 4.56. The molecule has 0 spiro atoms. The van der Waals surface area contributed by atoms with E-state index < -0.39 is 0 Å². The van der Waals surface area contributed by atoms with E-state index in [1.165, 1.54) is 18.2 Å². The molecule has 2 nitrogen and oxygen atoms in total. The number of phenolic OH excluding ortho intramolecular Hbond substituents is 1. The Balaban J connectivity index is 2.60. The summed E-state index contributed by atoms with van der Waals surface area (Å²) in [5.74, 6) is -0.163. The summed E-state index contributed by atoms with van der Waals surface area (Å²) in [6.07, 6.45) is 2.07. The Morgan fingerprint density at radius 2 is 2.00 bits per heavy atom. The van der Waals surface area contributed by atoms with E-state index in [1.807, 2.05) is 0 Å². The zero-order chi connectivity index (χ0) is 11.3. The largest absolute Gasteiger partial charge is 0.508 e. The standard InChI is InChI=1S/C12H18FNO/c1-3-11(4-2)14-8-9-7-10(13)5-6-12(9)15/h5-7,11,14-15H,3-4,8H2,1-2H3. The molecule has 0 bridgehead atoms. The summed E-state index contributed by atoms with van der Waals surface area (Å²) in [6, 6.07) is 4.44. The van der Waals surface area contributed by atoms with Crippen molar-refractivity contribution in [3.63, 3.8) is 0 Å². The lowest BCUT2D eigenvalue weighted by atomic mass is 10.1. The Bertz CT molecular complexity index is 310. The minimum Gasteiger partial charge on any atom is -0.508 e. The summed E-state index contributed by atoms with van der Waals surface area (Å²) >= 11 is 0. The van der Waals surface area contributed by atoms with Crippen LogP contribution in [0.15, 0.2) is 18.2 Å². The van der Waals surface area contributed by atoms with Crippen LogP contribution in [-0.2, 0) is 6.54 Å². The van der Waals surface area contributed by atoms with Crippen molar-refractivity contribution in [3.8, 4) is 5.75 Å². The van der Waals surface area contributed by atoms with Crippen molar-refractivity contribution < 1.29 is 9.50 Å². The first-order valence-electron chi connectivity index (χ1n) is 5.38. The highest BCUT2D eigenvalue weighted by atomic mass is 19.1. The van der Waals surface area contributed by atoms with Gasteiger partial charge in [-0.1, -0.05) is 13.8 Å². The van der Waals surface area contributed by atoms with Crippen LogP contribution in [0.2, 0.25) is 0 Å². The maximum Gasteiger partial charge on any atom is 0.123 e. The van der Waals surface area contributed by atoms with Crippen molar-refractivity contribution in [3.05, 3.63) is 29.6 Å². The van der Waals surface area contributed by atoms with Crippen LogP contribution >= 0.6 is 0 Å². The summed E-state index contributed by atoms with van der Waals surface area (Å²) in [5.41, 5.74) is 0.613. The van der Waals surface area contributed by atoms with Crippen LogP contribution in [0.3, 0.4) is 0 Å². The molecule has 0 aliphatic carbocycles. The number of aromatic hydroxyl groups is 1. The third-order valence-corrected chi connectivity index (χ3v) is 2.61. The van der Waals surface area contributed by atoms with Crippen LogP contribution in [0.25, 0.3) is 0 Å². The van der Waals surface area contributed by atoms with Gasteiger partial charge < -0.3 is 10.4 Å². The van der Waals surface area contributed by atoms with Crippen molar-refractivity contribution in [2.45, 2.75) is 39.3 Å². The van der Waals surface area contributed by atoms with Gasteiger partial charge in [0.2, 0.25) is 0 Å².